The SMILES string of the molecule is O=S(=O)(O)OCCS(=O)(=O)c1cccc(N=C([O-])CCNc2nc(Cl)nc(Nc3cc(S(=O)(=O)[O-])cc4cc(S(=O)(=O)[O-])c(N=Nc5ccc6c(S(=O)(=O)[O-])cccc6c5S(=O)(=O)O)c([O-])c34)n2)c1.[Na+].[Na+].[Na+].[Na+].[Na+]. The smallest absolute Gasteiger partial charge is 0.870 e. The molecular formula is C34H24ClN8Na5O20S6. The zero-order valence-electron chi connectivity index (χ0n) is 38.5. The first-order chi connectivity index (χ1) is 31.8. The Morgan fingerprint density at radius 1 is 0.689 bits per heavy atom. The van der Waals surface area contributed by atoms with Crippen molar-refractivity contribution in [3.8, 4) is 5.75 Å². The van der Waals surface area contributed by atoms with Gasteiger partial charge in [0.25, 0.3) is 10.1 Å². The van der Waals surface area contributed by atoms with Crippen molar-refractivity contribution in [1.82, 2.24) is 15.0 Å². The van der Waals surface area contributed by atoms with Crippen LogP contribution in [0.25, 0.3) is 21.5 Å². The number of aliphatic imine (C=N–C) groups is 1. The van der Waals surface area contributed by atoms with E-state index in [1.807, 2.05) is 0 Å². The summed E-state index contributed by atoms with van der Waals surface area (Å²) in [4.78, 5) is 10.3. The molecule has 0 fully saturated rings. The Bertz CT molecular complexity index is 3890. The van der Waals surface area contributed by atoms with Gasteiger partial charge in [-0.05, 0) is 83.2 Å². The summed E-state index contributed by atoms with van der Waals surface area (Å²) in [5.41, 5.74) is -3.05. The van der Waals surface area contributed by atoms with E-state index in [2.05, 4.69) is 45.0 Å². The van der Waals surface area contributed by atoms with Gasteiger partial charge in [-0.2, -0.15) is 31.8 Å². The van der Waals surface area contributed by atoms with E-state index >= 15 is 0 Å². The summed E-state index contributed by atoms with van der Waals surface area (Å²) >= 11 is 6.06. The van der Waals surface area contributed by atoms with Crippen LogP contribution >= 0.6 is 11.6 Å². The van der Waals surface area contributed by atoms with Crippen LogP contribution in [-0.4, -0.2) is 113 Å². The molecule has 368 valence electrons. The number of anilines is 3. The summed E-state index contributed by atoms with van der Waals surface area (Å²) in [5.74, 6) is -4.26. The van der Waals surface area contributed by atoms with Crippen molar-refractivity contribution in [1.29, 1.82) is 0 Å². The molecule has 1 heterocycles. The summed E-state index contributed by atoms with van der Waals surface area (Å²) in [6.07, 6.45) is -0.421. The van der Waals surface area contributed by atoms with Crippen molar-refractivity contribution < 1.29 is 235 Å². The monoisotopic (exact) mass is 1210 g/mol. The number of fused-ring (bicyclic) bond motifs is 2. The molecule has 6 rings (SSSR count). The first kappa shape index (κ1) is 70.9. The molecule has 28 nitrogen and oxygen atoms in total. The van der Waals surface area contributed by atoms with Crippen molar-refractivity contribution in [2.75, 3.05) is 29.5 Å². The van der Waals surface area contributed by atoms with Crippen LogP contribution in [0.1, 0.15) is 6.42 Å². The molecule has 1 aromatic heterocycles. The van der Waals surface area contributed by atoms with Gasteiger partial charge in [0, 0.05) is 23.0 Å². The van der Waals surface area contributed by atoms with Crippen molar-refractivity contribution in [2.45, 2.75) is 30.9 Å². The molecule has 0 unspecified atom stereocenters. The molecule has 40 heteroatoms. The largest absolute Gasteiger partial charge is 1.00 e. The maximum absolute atomic E-state index is 14.2. The minimum Gasteiger partial charge on any atom is -0.870 e. The molecule has 0 aliphatic heterocycles. The van der Waals surface area contributed by atoms with Crippen molar-refractivity contribution >= 4 is 134 Å². The number of aromatic nitrogens is 3. The van der Waals surface area contributed by atoms with Crippen LogP contribution in [0.5, 0.6) is 5.75 Å². The van der Waals surface area contributed by atoms with E-state index in [1.165, 1.54) is 12.1 Å². The molecule has 5 aromatic carbocycles. The summed E-state index contributed by atoms with van der Waals surface area (Å²) < 4.78 is 204. The number of nitrogens with one attached hydrogen (secondary N) is 2. The van der Waals surface area contributed by atoms with E-state index < -0.39 is 167 Å². The van der Waals surface area contributed by atoms with Crippen molar-refractivity contribution in [2.24, 2.45) is 15.2 Å². The minimum absolute atomic E-state index is 0. The normalized spacial score (nSPS) is 12.4. The fourth-order valence-electron chi connectivity index (χ4n) is 6.13. The second-order valence-electron chi connectivity index (χ2n) is 13.5. The third-order valence-corrected chi connectivity index (χ3v) is 14.7. The Kier molecular flexibility index (Phi) is 26.6. The van der Waals surface area contributed by atoms with Crippen LogP contribution in [-0.2, 0) is 64.9 Å². The molecule has 0 spiro atoms. The van der Waals surface area contributed by atoms with Gasteiger partial charge >= 0.3 is 158 Å². The maximum Gasteiger partial charge on any atom is 1.00 e. The van der Waals surface area contributed by atoms with E-state index in [1.54, 1.807) is 0 Å². The molecule has 4 N–H and O–H groups in total. The predicted molar refractivity (Wildman–Crippen MR) is 230 cm³/mol. The molecule has 0 amide bonds. The fraction of sp³-hybridized carbons (Fsp3) is 0.118. The number of nitrogens with zero attached hydrogens (tertiary/aromatic N) is 6. The van der Waals surface area contributed by atoms with E-state index in [0.717, 1.165) is 36.4 Å². The molecule has 0 saturated heterocycles. The Labute approximate surface area is 536 Å². The van der Waals surface area contributed by atoms with E-state index in [4.69, 9.17) is 16.2 Å². The zero-order chi connectivity index (χ0) is 51.1. The predicted octanol–water partition coefficient (Wildman–Crippen LogP) is -13.5. The number of hydrogen-bond donors (Lipinski definition) is 4. The maximum atomic E-state index is 14.2. The van der Waals surface area contributed by atoms with E-state index in [-0.39, 0.29) is 165 Å². The first-order valence-corrected chi connectivity index (χ1v) is 27.1. The Hall–Kier alpha value is -1.15. The molecular weight excluding hydrogens is 1180 g/mol. The van der Waals surface area contributed by atoms with Crippen LogP contribution in [0, 0.1) is 0 Å². The number of hydrogen-bond acceptors (Lipinski definition) is 26. The van der Waals surface area contributed by atoms with Gasteiger partial charge < -0.3 is 34.5 Å². The first-order valence-electron chi connectivity index (χ1n) is 18.1. The van der Waals surface area contributed by atoms with E-state index in [0.29, 0.717) is 24.3 Å². The van der Waals surface area contributed by atoms with Crippen LogP contribution in [0.3, 0.4) is 0 Å². The Morgan fingerprint density at radius 3 is 1.91 bits per heavy atom. The number of azo groups is 1. The molecule has 0 bridgehead atoms. The quantitative estimate of drug-likeness (QED) is 0.0204. The summed E-state index contributed by atoms with van der Waals surface area (Å²) in [6.45, 7) is -1.22. The Balaban J connectivity index is 0.00000548. The van der Waals surface area contributed by atoms with Crippen molar-refractivity contribution in [3.63, 3.8) is 0 Å². The number of benzene rings is 5. The molecule has 0 saturated carbocycles. The summed E-state index contributed by atoms with van der Waals surface area (Å²) in [7, 11) is -31.0. The number of sulfone groups is 1. The van der Waals surface area contributed by atoms with Gasteiger partial charge in [0.1, 0.15) is 40.9 Å². The van der Waals surface area contributed by atoms with Gasteiger partial charge in [0.15, 0.2) is 9.84 Å². The molecule has 74 heavy (non-hydrogen) atoms. The molecule has 0 radical (unpaired) electrons. The average Bonchev–Trinajstić information content (AvgIpc) is 3.20. The van der Waals surface area contributed by atoms with Gasteiger partial charge in [0.2, 0.25) is 17.2 Å². The molecule has 0 aliphatic carbocycles. The second-order valence-corrected chi connectivity index (χ2v) is 22.5. The van der Waals surface area contributed by atoms with Crippen LogP contribution < -0.4 is 169 Å². The van der Waals surface area contributed by atoms with Crippen molar-refractivity contribution in [3.05, 3.63) is 78.1 Å². The van der Waals surface area contributed by atoms with Gasteiger partial charge in [-0.3, -0.25) is 14.1 Å². The van der Waals surface area contributed by atoms with Gasteiger partial charge in [-0.25, -0.2) is 37.9 Å². The topological polar surface area (TPSA) is 470 Å². The zero-order valence-corrected chi connectivity index (χ0v) is 54.2. The fourth-order valence-corrected chi connectivity index (χ4v) is 10.5. The van der Waals surface area contributed by atoms with Gasteiger partial charge in [0.05, 0.1) is 43.3 Å². The van der Waals surface area contributed by atoms with Crippen LogP contribution in [0.15, 0.2) is 112 Å². The Morgan fingerprint density at radius 2 is 1.31 bits per heavy atom. The molecule has 0 atom stereocenters. The minimum atomic E-state index is -5.79. The standard InChI is InChI=1S/C34H29ClN8O20S6.5Na/c35-32-39-33(36-10-9-27(44)37-18-3-1-4-19(15-18)64(46,47)12-11-63-69(60,61)62)41-34(40-32)38-24-16-20(65(48,49)50)13-17-14-26(67(54,55)56)29(30(45)28(17)24)43-42-23-8-7-21-22(31(23)68(57,58)59)5-2-6-25(21)66(51,52)53;;;;;/h1-8,13-16,45H,9-12H2,(H,37,44)(H,48,49,50)(H,51,52,53)(H,54,55,56)(H,57,58,59)(H,60,61,62)(H2,36,38,39,40,41);;;;;/q;5*+1/p-5. The average molecular weight is 1210 g/mol. The third kappa shape index (κ3) is 18.5. The second kappa shape index (κ2) is 27.8. The summed E-state index contributed by atoms with van der Waals surface area (Å²) in [5, 5.41) is 35.8. The van der Waals surface area contributed by atoms with Crippen LogP contribution in [0.4, 0.5) is 34.6 Å². The summed E-state index contributed by atoms with van der Waals surface area (Å²) in [6, 6.07) is 10.5. The number of rotatable bonds is 18. The number of halogens is 1. The van der Waals surface area contributed by atoms with Gasteiger partial charge in [-0.15, -0.1) is 10.2 Å². The van der Waals surface area contributed by atoms with E-state index in [9.17, 15) is 78.9 Å². The third-order valence-electron chi connectivity index (χ3n) is 8.89. The molecule has 0 aliphatic rings. The van der Waals surface area contributed by atoms with Crippen LogP contribution in [0.2, 0.25) is 5.28 Å². The van der Waals surface area contributed by atoms with Gasteiger partial charge in [-0.1, -0.05) is 30.0 Å². The molecule has 6 aromatic rings.